The molecular formula is C33H40Si. The van der Waals surface area contributed by atoms with E-state index in [1.807, 2.05) is 0 Å². The number of hydrogen-bond acceptors (Lipinski definition) is 0. The Balaban J connectivity index is 2.32. The highest BCUT2D eigenvalue weighted by Gasteiger charge is 2.49. The number of rotatable bonds is 4. The molecule has 1 unspecified atom stereocenters. The van der Waals surface area contributed by atoms with Gasteiger partial charge in [0.05, 0.1) is 0 Å². The minimum absolute atomic E-state index is 0.437. The highest BCUT2D eigenvalue weighted by Crippen LogP contribution is 2.42. The van der Waals surface area contributed by atoms with Gasteiger partial charge in [0, 0.05) is 0 Å². The van der Waals surface area contributed by atoms with Crippen molar-refractivity contribution in [2.45, 2.75) is 69.2 Å². The first-order chi connectivity index (χ1) is 16.0. The summed E-state index contributed by atoms with van der Waals surface area (Å²) >= 11 is 0. The molecule has 1 aliphatic carbocycles. The Labute approximate surface area is 208 Å². The van der Waals surface area contributed by atoms with Gasteiger partial charge < -0.3 is 0 Å². The van der Waals surface area contributed by atoms with Gasteiger partial charge >= 0.3 is 0 Å². The fourth-order valence-corrected chi connectivity index (χ4v) is 12.9. The molecule has 3 aromatic carbocycles. The van der Waals surface area contributed by atoms with Gasteiger partial charge in [0.2, 0.25) is 0 Å². The van der Waals surface area contributed by atoms with Gasteiger partial charge in [-0.05, 0) is 89.4 Å². The molecule has 0 aliphatic heterocycles. The third-order valence-corrected chi connectivity index (χ3v) is 13.8. The van der Waals surface area contributed by atoms with E-state index in [2.05, 4.69) is 124 Å². The smallest absolute Gasteiger partial charge is 0.0636 e. The van der Waals surface area contributed by atoms with E-state index in [1.54, 1.807) is 15.6 Å². The van der Waals surface area contributed by atoms with Gasteiger partial charge in [-0.2, -0.15) is 0 Å². The molecule has 0 aromatic heterocycles. The van der Waals surface area contributed by atoms with Gasteiger partial charge in [-0.25, -0.2) is 0 Å². The minimum Gasteiger partial charge on any atom is -0.0636 e. The topological polar surface area (TPSA) is 0 Å². The molecule has 34 heavy (non-hydrogen) atoms. The first kappa shape index (κ1) is 24.5. The predicted octanol–water partition coefficient (Wildman–Crippen LogP) is 6.85. The highest BCUT2D eigenvalue weighted by molar-refractivity contribution is 7.16. The van der Waals surface area contributed by atoms with Gasteiger partial charge in [-0.15, -0.1) is 0 Å². The maximum absolute atomic E-state index is 2.58. The Bertz CT molecular complexity index is 1280. The number of hydrogen-bond donors (Lipinski definition) is 0. The minimum atomic E-state index is -2.58. The quantitative estimate of drug-likeness (QED) is 0.293. The van der Waals surface area contributed by atoms with E-state index < -0.39 is 8.07 Å². The molecule has 0 fully saturated rings. The van der Waals surface area contributed by atoms with Crippen molar-refractivity contribution >= 4 is 23.6 Å². The third kappa shape index (κ3) is 3.75. The van der Waals surface area contributed by atoms with Gasteiger partial charge in [0.1, 0.15) is 0 Å². The van der Waals surface area contributed by atoms with Crippen molar-refractivity contribution in [3.05, 3.63) is 110 Å². The largest absolute Gasteiger partial charge is 0.177 e. The van der Waals surface area contributed by atoms with Crippen LogP contribution in [0.25, 0.3) is 0 Å². The fraction of sp³-hybridized carbons (Fsp3) is 0.333. The summed E-state index contributed by atoms with van der Waals surface area (Å²) in [6.45, 7) is 23.2. The molecule has 0 heterocycles. The van der Waals surface area contributed by atoms with E-state index in [4.69, 9.17) is 0 Å². The van der Waals surface area contributed by atoms with E-state index >= 15 is 0 Å². The Hall–Kier alpha value is -2.64. The van der Waals surface area contributed by atoms with Crippen LogP contribution in [0, 0.1) is 47.5 Å². The van der Waals surface area contributed by atoms with Crippen molar-refractivity contribution in [1.29, 1.82) is 0 Å². The van der Waals surface area contributed by atoms with E-state index in [0.717, 1.165) is 0 Å². The van der Waals surface area contributed by atoms with E-state index in [0.29, 0.717) is 5.92 Å². The molecule has 0 N–H and O–H groups in total. The summed E-state index contributed by atoms with van der Waals surface area (Å²) in [6.07, 6.45) is 0. The van der Waals surface area contributed by atoms with Crippen LogP contribution in [-0.4, -0.2) is 8.07 Å². The van der Waals surface area contributed by atoms with Crippen LogP contribution in [0.3, 0.4) is 0 Å². The third-order valence-electron chi connectivity index (χ3n) is 8.29. The second kappa shape index (κ2) is 8.85. The van der Waals surface area contributed by atoms with Crippen LogP contribution < -0.4 is 15.6 Å². The van der Waals surface area contributed by atoms with Gasteiger partial charge in [0.15, 0.2) is 8.07 Å². The summed E-state index contributed by atoms with van der Waals surface area (Å²) in [7, 11) is -2.58. The molecule has 0 amide bonds. The van der Waals surface area contributed by atoms with E-state index in [1.165, 1.54) is 55.3 Å². The van der Waals surface area contributed by atoms with Crippen molar-refractivity contribution < 1.29 is 0 Å². The van der Waals surface area contributed by atoms with Crippen molar-refractivity contribution in [3.8, 4) is 0 Å². The molecule has 4 rings (SSSR count). The zero-order valence-electron chi connectivity index (χ0n) is 22.8. The van der Waals surface area contributed by atoms with Crippen molar-refractivity contribution in [1.82, 2.24) is 0 Å². The summed E-state index contributed by atoms with van der Waals surface area (Å²) in [6, 6.07) is 21.6. The monoisotopic (exact) mass is 464 g/mol. The standard InChI is InChI=1S/C33H40Si/c1-20-11-13-24(5)31(18-20)34(30-16-22(3)15-23(4)17-30,32-19-21(2)12-14-25(32)6)33-28(9)26(7)27(8)29(33)10/h11-19,28H,1-10H3. The Morgan fingerprint density at radius 1 is 0.529 bits per heavy atom. The lowest BCUT2D eigenvalue weighted by Gasteiger charge is -2.41. The lowest BCUT2D eigenvalue weighted by atomic mass is 10.1. The van der Waals surface area contributed by atoms with Gasteiger partial charge in [-0.3, -0.25) is 0 Å². The molecule has 1 aliphatic rings. The zero-order valence-corrected chi connectivity index (χ0v) is 23.8. The van der Waals surface area contributed by atoms with Crippen molar-refractivity contribution in [3.63, 3.8) is 0 Å². The SMILES string of the molecule is CC1=C(C)C(C)C([Si](c2cc(C)cc(C)c2)(c2cc(C)ccc2C)c2cc(C)ccc2C)=C1C. The Morgan fingerprint density at radius 2 is 1.00 bits per heavy atom. The van der Waals surface area contributed by atoms with Crippen LogP contribution in [0.1, 0.15) is 61.1 Å². The van der Waals surface area contributed by atoms with Crippen LogP contribution in [0.15, 0.2) is 76.5 Å². The molecule has 0 saturated carbocycles. The van der Waals surface area contributed by atoms with Crippen molar-refractivity contribution in [2.24, 2.45) is 5.92 Å². The first-order valence-electron chi connectivity index (χ1n) is 12.6. The Kier molecular flexibility index (Phi) is 6.38. The summed E-state index contributed by atoms with van der Waals surface area (Å²) in [5.74, 6) is 0.437. The molecular weight excluding hydrogens is 424 g/mol. The number of allylic oxidation sites excluding steroid dienone is 4. The van der Waals surface area contributed by atoms with E-state index in [-0.39, 0.29) is 0 Å². The fourth-order valence-electron chi connectivity index (χ4n) is 6.34. The lowest BCUT2D eigenvalue weighted by molar-refractivity contribution is 0.851. The average molecular weight is 465 g/mol. The molecule has 0 bridgehead atoms. The second-order valence-corrected chi connectivity index (χ2v) is 14.5. The summed E-state index contributed by atoms with van der Waals surface area (Å²) < 4.78 is 0. The van der Waals surface area contributed by atoms with Crippen LogP contribution in [0.5, 0.6) is 0 Å². The first-order valence-corrected chi connectivity index (χ1v) is 14.6. The van der Waals surface area contributed by atoms with Crippen LogP contribution in [-0.2, 0) is 0 Å². The number of benzene rings is 3. The Morgan fingerprint density at radius 3 is 1.41 bits per heavy atom. The molecule has 1 atom stereocenters. The van der Waals surface area contributed by atoms with Crippen LogP contribution >= 0.6 is 0 Å². The maximum Gasteiger partial charge on any atom is 0.177 e. The van der Waals surface area contributed by atoms with E-state index in [9.17, 15) is 0 Å². The van der Waals surface area contributed by atoms with Crippen molar-refractivity contribution in [2.75, 3.05) is 0 Å². The maximum atomic E-state index is 2.51. The van der Waals surface area contributed by atoms with Crippen LogP contribution in [0.4, 0.5) is 0 Å². The number of aryl methyl sites for hydroxylation is 6. The normalized spacial score (nSPS) is 16.6. The predicted molar refractivity (Wildman–Crippen MR) is 153 cm³/mol. The average Bonchev–Trinajstić information content (AvgIpc) is 2.96. The van der Waals surface area contributed by atoms with Gasteiger partial charge in [-0.1, -0.05) is 111 Å². The molecule has 3 aromatic rings. The second-order valence-electron chi connectivity index (χ2n) is 10.8. The molecule has 0 spiro atoms. The molecule has 1 heteroatoms. The zero-order chi connectivity index (χ0) is 24.9. The molecule has 0 nitrogen and oxygen atoms in total. The highest BCUT2D eigenvalue weighted by atomic mass is 28.3. The summed E-state index contributed by atoms with van der Waals surface area (Å²) in [5, 5.41) is 6.30. The summed E-state index contributed by atoms with van der Waals surface area (Å²) in [5.41, 5.74) is 12.7. The lowest BCUT2D eigenvalue weighted by Crippen LogP contribution is -2.71. The molecule has 0 saturated heterocycles. The van der Waals surface area contributed by atoms with Crippen LogP contribution in [0.2, 0.25) is 0 Å². The summed E-state index contributed by atoms with van der Waals surface area (Å²) in [4.78, 5) is 0. The van der Waals surface area contributed by atoms with Gasteiger partial charge in [0.25, 0.3) is 0 Å². The molecule has 176 valence electrons. The molecule has 0 radical (unpaired) electrons.